The molecule has 0 aromatic carbocycles. The number of aromatic nitrogens is 2. The van der Waals surface area contributed by atoms with Crippen molar-refractivity contribution in [3.8, 4) is 0 Å². The molecule has 0 unspecified atom stereocenters. The van der Waals surface area contributed by atoms with Gasteiger partial charge < -0.3 is 15.2 Å². The van der Waals surface area contributed by atoms with Gasteiger partial charge in [-0.25, -0.2) is 4.98 Å². The molecule has 2 N–H and O–H groups in total. The molecule has 0 radical (unpaired) electrons. The molecule has 0 atom stereocenters. The SMILES string of the molecule is CNCC1CCN(C(=O)Cc2c[nH]c3ncccc23)CC1. The second-order valence-electron chi connectivity index (χ2n) is 5.77. The number of nitrogens with one attached hydrogen (secondary N) is 2. The molecule has 5 nitrogen and oxygen atoms in total. The Balaban J connectivity index is 1.62. The van der Waals surface area contributed by atoms with E-state index in [1.165, 1.54) is 0 Å². The van der Waals surface area contributed by atoms with Gasteiger partial charge in [-0.1, -0.05) is 0 Å². The molecule has 1 saturated heterocycles. The van der Waals surface area contributed by atoms with Crippen LogP contribution in [0.25, 0.3) is 11.0 Å². The fourth-order valence-corrected chi connectivity index (χ4v) is 3.11. The molecule has 3 rings (SSSR count). The molecule has 2 aromatic heterocycles. The van der Waals surface area contributed by atoms with E-state index in [0.717, 1.165) is 49.1 Å². The van der Waals surface area contributed by atoms with E-state index < -0.39 is 0 Å². The number of hydrogen-bond donors (Lipinski definition) is 2. The zero-order chi connectivity index (χ0) is 14.7. The Morgan fingerprint density at radius 2 is 2.29 bits per heavy atom. The summed E-state index contributed by atoms with van der Waals surface area (Å²) in [6.45, 7) is 2.81. The van der Waals surface area contributed by atoms with Gasteiger partial charge in [0, 0.05) is 30.9 Å². The Morgan fingerprint density at radius 1 is 1.48 bits per heavy atom. The Labute approximate surface area is 124 Å². The first-order valence-corrected chi connectivity index (χ1v) is 7.61. The molecule has 1 aliphatic rings. The highest BCUT2D eigenvalue weighted by Gasteiger charge is 2.22. The predicted octanol–water partition coefficient (Wildman–Crippen LogP) is 1.56. The van der Waals surface area contributed by atoms with E-state index in [2.05, 4.69) is 15.3 Å². The number of pyridine rings is 1. The van der Waals surface area contributed by atoms with E-state index in [1.54, 1.807) is 6.20 Å². The van der Waals surface area contributed by atoms with Crippen LogP contribution in [0.15, 0.2) is 24.5 Å². The van der Waals surface area contributed by atoms with Crippen molar-refractivity contribution in [2.75, 3.05) is 26.7 Å². The van der Waals surface area contributed by atoms with Crippen molar-refractivity contribution in [2.45, 2.75) is 19.3 Å². The number of H-pyrrole nitrogens is 1. The molecule has 1 aliphatic heterocycles. The van der Waals surface area contributed by atoms with Crippen LogP contribution < -0.4 is 5.32 Å². The lowest BCUT2D eigenvalue weighted by molar-refractivity contribution is -0.131. The van der Waals surface area contributed by atoms with E-state index in [4.69, 9.17) is 0 Å². The summed E-state index contributed by atoms with van der Waals surface area (Å²) in [7, 11) is 1.99. The number of rotatable bonds is 4. The molecule has 0 saturated carbocycles. The monoisotopic (exact) mass is 286 g/mol. The normalized spacial score (nSPS) is 16.5. The van der Waals surface area contributed by atoms with Crippen molar-refractivity contribution < 1.29 is 4.79 Å². The summed E-state index contributed by atoms with van der Waals surface area (Å²) in [6.07, 6.45) is 6.33. The largest absolute Gasteiger partial charge is 0.346 e. The zero-order valence-corrected chi connectivity index (χ0v) is 12.4. The Hall–Kier alpha value is -1.88. The summed E-state index contributed by atoms with van der Waals surface area (Å²) in [4.78, 5) is 21.8. The van der Waals surface area contributed by atoms with Crippen LogP contribution in [0.4, 0.5) is 0 Å². The number of piperidine rings is 1. The standard InChI is InChI=1S/C16H22N4O/c1-17-10-12-4-7-20(8-5-12)15(21)9-13-11-19-16-14(13)3-2-6-18-16/h2-3,6,11-12,17H,4-5,7-10H2,1H3,(H,18,19). The highest BCUT2D eigenvalue weighted by Crippen LogP contribution is 2.20. The molecule has 3 heterocycles. The average molecular weight is 286 g/mol. The lowest BCUT2D eigenvalue weighted by atomic mass is 9.96. The van der Waals surface area contributed by atoms with Gasteiger partial charge in [0.1, 0.15) is 5.65 Å². The van der Waals surface area contributed by atoms with Gasteiger partial charge in [-0.3, -0.25) is 4.79 Å². The van der Waals surface area contributed by atoms with E-state index in [1.807, 2.05) is 30.3 Å². The topological polar surface area (TPSA) is 61.0 Å². The number of likely N-dealkylation sites (tertiary alicyclic amines) is 1. The second-order valence-corrected chi connectivity index (χ2v) is 5.77. The van der Waals surface area contributed by atoms with Crippen molar-refractivity contribution in [1.29, 1.82) is 0 Å². The highest BCUT2D eigenvalue weighted by atomic mass is 16.2. The Kier molecular flexibility index (Phi) is 4.20. The number of carbonyl (C=O) groups excluding carboxylic acids is 1. The molecule has 0 spiro atoms. The third kappa shape index (κ3) is 3.08. The maximum absolute atomic E-state index is 12.4. The van der Waals surface area contributed by atoms with Crippen molar-refractivity contribution >= 4 is 16.9 Å². The summed E-state index contributed by atoms with van der Waals surface area (Å²) in [5, 5.41) is 4.28. The van der Waals surface area contributed by atoms with Crippen LogP contribution in [-0.4, -0.2) is 47.5 Å². The first-order valence-electron chi connectivity index (χ1n) is 7.61. The molecule has 21 heavy (non-hydrogen) atoms. The average Bonchev–Trinajstić information content (AvgIpc) is 2.92. The number of hydrogen-bond acceptors (Lipinski definition) is 3. The smallest absolute Gasteiger partial charge is 0.227 e. The van der Waals surface area contributed by atoms with Crippen molar-refractivity contribution in [1.82, 2.24) is 20.2 Å². The number of carbonyl (C=O) groups is 1. The Morgan fingerprint density at radius 3 is 3.05 bits per heavy atom. The van der Waals surface area contributed by atoms with E-state index >= 15 is 0 Å². The minimum Gasteiger partial charge on any atom is -0.346 e. The van der Waals surface area contributed by atoms with Gasteiger partial charge in [0.25, 0.3) is 0 Å². The molecule has 0 aliphatic carbocycles. The summed E-state index contributed by atoms with van der Waals surface area (Å²) >= 11 is 0. The molecular weight excluding hydrogens is 264 g/mol. The third-order valence-corrected chi connectivity index (χ3v) is 4.34. The van der Waals surface area contributed by atoms with Crippen molar-refractivity contribution in [3.63, 3.8) is 0 Å². The van der Waals surface area contributed by atoms with Crippen LogP contribution >= 0.6 is 0 Å². The summed E-state index contributed by atoms with van der Waals surface area (Å²) in [6, 6.07) is 3.92. The van der Waals surface area contributed by atoms with Crippen LogP contribution in [0.5, 0.6) is 0 Å². The fourth-order valence-electron chi connectivity index (χ4n) is 3.11. The van der Waals surface area contributed by atoms with E-state index in [-0.39, 0.29) is 5.91 Å². The molecular formula is C16H22N4O. The molecule has 5 heteroatoms. The summed E-state index contributed by atoms with van der Waals surface area (Å²) in [5.41, 5.74) is 1.90. The maximum Gasteiger partial charge on any atom is 0.227 e. The minimum atomic E-state index is 0.225. The van der Waals surface area contributed by atoms with Gasteiger partial charge in [0.15, 0.2) is 0 Å². The van der Waals surface area contributed by atoms with Gasteiger partial charge >= 0.3 is 0 Å². The quantitative estimate of drug-likeness (QED) is 0.897. The summed E-state index contributed by atoms with van der Waals surface area (Å²) in [5.74, 6) is 0.930. The van der Waals surface area contributed by atoms with Crippen LogP contribution in [0, 0.1) is 5.92 Å². The van der Waals surface area contributed by atoms with Crippen molar-refractivity contribution in [2.24, 2.45) is 5.92 Å². The van der Waals surface area contributed by atoms with Gasteiger partial charge in [0.05, 0.1) is 6.42 Å². The van der Waals surface area contributed by atoms with Gasteiger partial charge in [-0.2, -0.15) is 0 Å². The van der Waals surface area contributed by atoms with Gasteiger partial charge in [0.2, 0.25) is 5.91 Å². The number of fused-ring (bicyclic) bond motifs is 1. The van der Waals surface area contributed by atoms with Crippen LogP contribution in [0.1, 0.15) is 18.4 Å². The third-order valence-electron chi connectivity index (χ3n) is 4.34. The fraction of sp³-hybridized carbons (Fsp3) is 0.500. The predicted molar refractivity (Wildman–Crippen MR) is 83.0 cm³/mol. The first-order chi connectivity index (χ1) is 10.3. The zero-order valence-electron chi connectivity index (χ0n) is 12.4. The van der Waals surface area contributed by atoms with E-state index in [0.29, 0.717) is 12.3 Å². The number of amides is 1. The lowest BCUT2D eigenvalue weighted by Gasteiger charge is -2.32. The molecule has 0 bridgehead atoms. The molecule has 112 valence electrons. The Bertz CT molecular complexity index is 614. The van der Waals surface area contributed by atoms with Crippen LogP contribution in [0.2, 0.25) is 0 Å². The minimum absolute atomic E-state index is 0.225. The highest BCUT2D eigenvalue weighted by molar-refractivity contribution is 5.87. The van der Waals surface area contributed by atoms with Crippen LogP contribution in [-0.2, 0) is 11.2 Å². The summed E-state index contributed by atoms with van der Waals surface area (Å²) < 4.78 is 0. The first kappa shape index (κ1) is 14.1. The number of aromatic amines is 1. The maximum atomic E-state index is 12.4. The molecule has 1 fully saturated rings. The van der Waals surface area contributed by atoms with Crippen molar-refractivity contribution in [3.05, 3.63) is 30.1 Å². The lowest BCUT2D eigenvalue weighted by Crippen LogP contribution is -2.41. The van der Waals surface area contributed by atoms with Gasteiger partial charge in [-0.05, 0) is 50.0 Å². The van der Waals surface area contributed by atoms with Crippen LogP contribution in [0.3, 0.4) is 0 Å². The van der Waals surface area contributed by atoms with Gasteiger partial charge in [-0.15, -0.1) is 0 Å². The second kappa shape index (κ2) is 6.26. The number of nitrogens with zero attached hydrogens (tertiary/aromatic N) is 2. The molecule has 2 aromatic rings. The van der Waals surface area contributed by atoms with E-state index in [9.17, 15) is 4.79 Å². The molecule has 1 amide bonds.